The van der Waals surface area contributed by atoms with Crippen molar-refractivity contribution in [3.8, 4) is 5.88 Å². The van der Waals surface area contributed by atoms with Crippen LogP contribution in [-0.4, -0.2) is 35.4 Å². The quantitative estimate of drug-likeness (QED) is 0.817. The molecule has 1 unspecified atom stereocenters. The van der Waals surface area contributed by atoms with Gasteiger partial charge in [-0.05, 0) is 6.07 Å². The zero-order valence-electron chi connectivity index (χ0n) is 8.35. The van der Waals surface area contributed by atoms with Crippen LogP contribution in [0.1, 0.15) is 16.8 Å². The summed E-state index contributed by atoms with van der Waals surface area (Å²) in [5, 5.41) is 8.93. The Balaban J connectivity index is 2.16. The standard InChI is InChI=1S/C10H10ClNO4/c11-8-3-6(10(13)14)4-9(12-8)16-7-1-2-15-5-7/h3-4,7H,1-2,5H2,(H,13,14). The number of carboxylic acid groups (broad SMARTS) is 1. The van der Waals surface area contributed by atoms with Gasteiger partial charge >= 0.3 is 5.97 Å². The lowest BCUT2D eigenvalue weighted by molar-refractivity contribution is 0.0695. The summed E-state index contributed by atoms with van der Waals surface area (Å²) in [7, 11) is 0. The van der Waals surface area contributed by atoms with Crippen LogP contribution in [0.15, 0.2) is 12.1 Å². The summed E-state index contributed by atoms with van der Waals surface area (Å²) >= 11 is 5.69. The van der Waals surface area contributed by atoms with Gasteiger partial charge in [-0.1, -0.05) is 11.6 Å². The number of hydrogen-bond donors (Lipinski definition) is 1. The molecule has 0 aliphatic carbocycles. The van der Waals surface area contributed by atoms with Crippen LogP contribution in [0.5, 0.6) is 5.88 Å². The van der Waals surface area contributed by atoms with Gasteiger partial charge < -0.3 is 14.6 Å². The molecule has 6 heteroatoms. The molecule has 1 fully saturated rings. The molecule has 0 amide bonds. The Kier molecular flexibility index (Phi) is 3.26. The molecule has 2 rings (SSSR count). The molecule has 1 saturated heterocycles. The first-order valence-corrected chi connectivity index (χ1v) is 5.18. The highest BCUT2D eigenvalue weighted by Gasteiger charge is 2.18. The normalized spacial score (nSPS) is 19.7. The molecule has 0 saturated carbocycles. The van der Waals surface area contributed by atoms with Crippen molar-refractivity contribution in [1.29, 1.82) is 0 Å². The summed E-state index contributed by atoms with van der Waals surface area (Å²) < 4.78 is 10.6. The second-order valence-electron chi connectivity index (χ2n) is 3.43. The van der Waals surface area contributed by atoms with Gasteiger partial charge in [0.05, 0.1) is 18.8 Å². The van der Waals surface area contributed by atoms with Crippen LogP contribution >= 0.6 is 11.6 Å². The zero-order chi connectivity index (χ0) is 11.5. The summed E-state index contributed by atoms with van der Waals surface area (Å²) in [6.07, 6.45) is 0.698. The van der Waals surface area contributed by atoms with Gasteiger partial charge in [-0.2, -0.15) is 0 Å². The molecular weight excluding hydrogens is 234 g/mol. The minimum absolute atomic E-state index is 0.0638. The minimum atomic E-state index is -1.06. The molecule has 1 aliphatic heterocycles. The molecule has 86 valence electrons. The van der Waals surface area contributed by atoms with Gasteiger partial charge in [0.25, 0.3) is 0 Å². The number of carbonyl (C=O) groups is 1. The highest BCUT2D eigenvalue weighted by Crippen LogP contribution is 2.19. The van der Waals surface area contributed by atoms with E-state index in [1.54, 1.807) is 0 Å². The van der Waals surface area contributed by atoms with Crippen molar-refractivity contribution in [2.24, 2.45) is 0 Å². The topological polar surface area (TPSA) is 68.7 Å². The minimum Gasteiger partial charge on any atom is -0.478 e. The number of rotatable bonds is 3. The van der Waals surface area contributed by atoms with E-state index in [-0.39, 0.29) is 22.7 Å². The maximum absolute atomic E-state index is 10.8. The molecule has 5 nitrogen and oxygen atoms in total. The van der Waals surface area contributed by atoms with Gasteiger partial charge in [-0.25, -0.2) is 9.78 Å². The molecule has 1 aromatic heterocycles. The van der Waals surface area contributed by atoms with Crippen molar-refractivity contribution in [3.63, 3.8) is 0 Å². The van der Waals surface area contributed by atoms with E-state index in [1.807, 2.05) is 0 Å². The number of carboxylic acids is 1. The van der Waals surface area contributed by atoms with Crippen molar-refractivity contribution in [2.45, 2.75) is 12.5 Å². The van der Waals surface area contributed by atoms with E-state index in [0.29, 0.717) is 13.2 Å². The van der Waals surface area contributed by atoms with E-state index in [1.165, 1.54) is 12.1 Å². The number of hydrogen-bond acceptors (Lipinski definition) is 4. The SMILES string of the molecule is O=C(O)c1cc(Cl)nc(OC2CCOC2)c1. The third-order valence-corrected chi connectivity index (χ3v) is 2.39. The van der Waals surface area contributed by atoms with Crippen molar-refractivity contribution in [3.05, 3.63) is 22.8 Å². The zero-order valence-corrected chi connectivity index (χ0v) is 9.11. The lowest BCUT2D eigenvalue weighted by atomic mass is 10.2. The van der Waals surface area contributed by atoms with Crippen LogP contribution in [0.3, 0.4) is 0 Å². The molecule has 2 heterocycles. The van der Waals surface area contributed by atoms with Crippen LogP contribution in [-0.2, 0) is 4.74 Å². The molecule has 0 spiro atoms. The molecule has 1 N–H and O–H groups in total. The average Bonchev–Trinajstić information content (AvgIpc) is 2.69. The second-order valence-corrected chi connectivity index (χ2v) is 3.81. The van der Waals surface area contributed by atoms with Crippen LogP contribution in [0.25, 0.3) is 0 Å². The fraction of sp³-hybridized carbons (Fsp3) is 0.400. The van der Waals surface area contributed by atoms with Gasteiger partial charge in [0.1, 0.15) is 11.3 Å². The number of halogens is 1. The Morgan fingerprint density at radius 1 is 1.62 bits per heavy atom. The fourth-order valence-electron chi connectivity index (χ4n) is 1.43. The van der Waals surface area contributed by atoms with E-state index in [2.05, 4.69) is 4.98 Å². The first-order chi connectivity index (χ1) is 7.65. The highest BCUT2D eigenvalue weighted by molar-refractivity contribution is 6.29. The largest absolute Gasteiger partial charge is 0.478 e. The predicted molar refractivity (Wildman–Crippen MR) is 56.1 cm³/mol. The van der Waals surface area contributed by atoms with Crippen molar-refractivity contribution < 1.29 is 19.4 Å². The molecule has 16 heavy (non-hydrogen) atoms. The maximum atomic E-state index is 10.8. The molecule has 1 aliphatic rings. The van der Waals surface area contributed by atoms with Crippen LogP contribution in [0.4, 0.5) is 0 Å². The Morgan fingerprint density at radius 2 is 2.44 bits per heavy atom. The van der Waals surface area contributed by atoms with Gasteiger partial charge in [0, 0.05) is 12.5 Å². The number of aromatic nitrogens is 1. The number of nitrogens with zero attached hydrogens (tertiary/aromatic N) is 1. The Labute approximate surface area is 97.0 Å². The summed E-state index contributed by atoms with van der Waals surface area (Å²) in [6.45, 7) is 1.15. The first kappa shape index (κ1) is 11.2. The van der Waals surface area contributed by atoms with E-state index < -0.39 is 5.97 Å². The van der Waals surface area contributed by atoms with Gasteiger partial charge in [0.15, 0.2) is 0 Å². The number of aromatic carboxylic acids is 1. The smallest absolute Gasteiger partial charge is 0.335 e. The van der Waals surface area contributed by atoms with Crippen molar-refractivity contribution >= 4 is 17.6 Å². The maximum Gasteiger partial charge on any atom is 0.335 e. The molecule has 0 radical (unpaired) electrons. The summed E-state index contributed by atoms with van der Waals surface area (Å²) in [6, 6.07) is 2.63. The lowest BCUT2D eigenvalue weighted by Gasteiger charge is -2.11. The van der Waals surface area contributed by atoms with Crippen molar-refractivity contribution in [1.82, 2.24) is 4.98 Å². The Morgan fingerprint density at radius 3 is 3.06 bits per heavy atom. The molecule has 0 aromatic carbocycles. The van der Waals surface area contributed by atoms with E-state index in [4.69, 9.17) is 26.2 Å². The van der Waals surface area contributed by atoms with Crippen LogP contribution in [0, 0.1) is 0 Å². The molecule has 0 bridgehead atoms. The van der Waals surface area contributed by atoms with Gasteiger partial charge in [-0.3, -0.25) is 0 Å². The molecule has 1 atom stereocenters. The number of pyridine rings is 1. The van der Waals surface area contributed by atoms with E-state index in [0.717, 1.165) is 6.42 Å². The summed E-state index contributed by atoms with van der Waals surface area (Å²) in [5.74, 6) is -0.836. The molecule has 1 aromatic rings. The third-order valence-electron chi connectivity index (χ3n) is 2.19. The van der Waals surface area contributed by atoms with Crippen molar-refractivity contribution in [2.75, 3.05) is 13.2 Å². The Hall–Kier alpha value is -1.33. The highest BCUT2D eigenvalue weighted by atomic mass is 35.5. The van der Waals surface area contributed by atoms with E-state index in [9.17, 15) is 4.79 Å². The summed E-state index contributed by atoms with van der Waals surface area (Å²) in [4.78, 5) is 14.7. The predicted octanol–water partition coefficient (Wildman–Crippen LogP) is 1.60. The Bertz CT molecular complexity index is 404. The first-order valence-electron chi connectivity index (χ1n) is 4.80. The molecular formula is C10H10ClNO4. The monoisotopic (exact) mass is 243 g/mol. The second kappa shape index (κ2) is 4.67. The third kappa shape index (κ3) is 2.62. The van der Waals surface area contributed by atoms with Crippen LogP contribution in [0.2, 0.25) is 5.15 Å². The van der Waals surface area contributed by atoms with E-state index >= 15 is 0 Å². The van der Waals surface area contributed by atoms with Crippen LogP contribution < -0.4 is 4.74 Å². The van der Waals surface area contributed by atoms with Gasteiger partial charge in [-0.15, -0.1) is 0 Å². The van der Waals surface area contributed by atoms with Gasteiger partial charge in [0.2, 0.25) is 5.88 Å². The average molecular weight is 244 g/mol. The number of ether oxygens (including phenoxy) is 2. The fourth-order valence-corrected chi connectivity index (χ4v) is 1.63. The lowest BCUT2D eigenvalue weighted by Crippen LogP contribution is -2.16. The summed E-state index contributed by atoms with van der Waals surface area (Å²) in [5.41, 5.74) is 0.0638.